The second-order valence-electron chi connectivity index (χ2n) is 5.77. The number of benzene rings is 2. The topological polar surface area (TPSA) is 93.1 Å². The number of nitrogens with zero attached hydrogens (tertiary/aromatic N) is 2. The number of hydrogen-bond donors (Lipinski definition) is 2. The molecule has 1 aromatic heterocycles. The molecule has 1 heterocycles. The van der Waals surface area contributed by atoms with Crippen molar-refractivity contribution in [2.75, 3.05) is 10.6 Å². The highest BCUT2D eigenvalue weighted by molar-refractivity contribution is 9.10. The summed E-state index contributed by atoms with van der Waals surface area (Å²) in [4.78, 5) is 36.1. The second-order valence-corrected chi connectivity index (χ2v) is 6.69. The number of rotatable bonds is 4. The molecule has 0 aliphatic carbocycles. The van der Waals surface area contributed by atoms with Gasteiger partial charge in [0, 0.05) is 17.5 Å². The van der Waals surface area contributed by atoms with Crippen LogP contribution in [-0.2, 0) is 4.79 Å². The van der Waals surface area contributed by atoms with Crippen molar-refractivity contribution in [2.24, 2.45) is 0 Å². The van der Waals surface area contributed by atoms with Crippen molar-refractivity contribution in [1.29, 1.82) is 0 Å². The van der Waals surface area contributed by atoms with Gasteiger partial charge in [0.25, 0.3) is 11.5 Å². The molecule has 0 spiro atoms. The van der Waals surface area contributed by atoms with E-state index in [1.165, 1.54) is 43.3 Å². The van der Waals surface area contributed by atoms with E-state index in [4.69, 9.17) is 0 Å². The highest BCUT2D eigenvalue weighted by Gasteiger charge is 2.14. The number of amides is 2. The van der Waals surface area contributed by atoms with E-state index < -0.39 is 17.3 Å². The van der Waals surface area contributed by atoms with Gasteiger partial charge in [-0.15, -0.1) is 0 Å². The number of aromatic nitrogens is 2. The normalized spacial score (nSPS) is 10.4. The summed E-state index contributed by atoms with van der Waals surface area (Å²) in [6.07, 6.45) is 0. The van der Waals surface area contributed by atoms with Gasteiger partial charge < -0.3 is 10.6 Å². The van der Waals surface area contributed by atoms with Crippen LogP contribution in [0, 0.1) is 5.82 Å². The lowest BCUT2D eigenvalue weighted by atomic mass is 10.2. The number of carbonyl (C=O) groups is 2. The maximum absolute atomic E-state index is 13.1. The lowest BCUT2D eigenvalue weighted by molar-refractivity contribution is -0.114. The Morgan fingerprint density at radius 1 is 1.00 bits per heavy atom. The van der Waals surface area contributed by atoms with Gasteiger partial charge in [0.15, 0.2) is 0 Å². The fourth-order valence-corrected chi connectivity index (χ4v) is 2.77. The average molecular weight is 445 g/mol. The van der Waals surface area contributed by atoms with Crippen LogP contribution in [0.4, 0.5) is 15.8 Å². The Morgan fingerprint density at radius 2 is 1.71 bits per heavy atom. The van der Waals surface area contributed by atoms with Gasteiger partial charge >= 0.3 is 0 Å². The Bertz CT molecular complexity index is 1110. The van der Waals surface area contributed by atoms with Crippen LogP contribution in [0.1, 0.15) is 17.4 Å². The molecule has 0 aliphatic rings. The van der Waals surface area contributed by atoms with E-state index in [9.17, 15) is 18.8 Å². The molecule has 3 rings (SSSR count). The molecule has 0 aliphatic heterocycles. The first-order valence-corrected chi connectivity index (χ1v) is 8.87. The third-order valence-electron chi connectivity index (χ3n) is 3.64. The number of hydrogen-bond acceptors (Lipinski definition) is 4. The summed E-state index contributed by atoms with van der Waals surface area (Å²) in [5.41, 5.74) is 0.594. The van der Waals surface area contributed by atoms with Crippen LogP contribution in [-0.4, -0.2) is 21.6 Å². The van der Waals surface area contributed by atoms with Crippen molar-refractivity contribution in [2.45, 2.75) is 6.92 Å². The predicted molar refractivity (Wildman–Crippen MR) is 106 cm³/mol. The highest BCUT2D eigenvalue weighted by atomic mass is 79.9. The Morgan fingerprint density at radius 3 is 2.39 bits per heavy atom. The number of nitrogens with one attached hydrogen (secondary N) is 2. The summed E-state index contributed by atoms with van der Waals surface area (Å²) in [6, 6.07) is 12.6. The van der Waals surface area contributed by atoms with Gasteiger partial charge in [0.1, 0.15) is 11.5 Å². The maximum atomic E-state index is 13.1. The predicted octanol–water partition coefficient (Wildman–Crippen LogP) is 3.34. The molecule has 142 valence electrons. The van der Waals surface area contributed by atoms with Gasteiger partial charge in [0.2, 0.25) is 5.91 Å². The minimum Gasteiger partial charge on any atom is -0.325 e. The van der Waals surface area contributed by atoms with Crippen molar-refractivity contribution < 1.29 is 14.0 Å². The molecule has 28 heavy (non-hydrogen) atoms. The van der Waals surface area contributed by atoms with Crippen LogP contribution >= 0.6 is 15.9 Å². The third-order valence-corrected chi connectivity index (χ3v) is 4.14. The molecule has 9 heteroatoms. The fourth-order valence-electron chi connectivity index (χ4n) is 2.40. The molecule has 0 saturated heterocycles. The zero-order valence-corrected chi connectivity index (χ0v) is 16.2. The summed E-state index contributed by atoms with van der Waals surface area (Å²) in [7, 11) is 0. The smallest absolute Gasteiger partial charge is 0.276 e. The Balaban J connectivity index is 1.93. The highest BCUT2D eigenvalue weighted by Crippen LogP contribution is 2.26. The van der Waals surface area contributed by atoms with Crippen LogP contribution in [0.15, 0.2) is 63.9 Å². The molecular formula is C19H14BrFN4O3. The molecule has 2 aromatic carbocycles. The van der Waals surface area contributed by atoms with Crippen LogP contribution in [0.3, 0.4) is 0 Å². The van der Waals surface area contributed by atoms with Crippen molar-refractivity contribution >= 4 is 39.1 Å². The monoisotopic (exact) mass is 444 g/mol. The Kier molecular flexibility index (Phi) is 5.65. The van der Waals surface area contributed by atoms with Gasteiger partial charge in [-0.25, -0.2) is 4.39 Å². The quantitative estimate of drug-likeness (QED) is 0.645. The van der Waals surface area contributed by atoms with Gasteiger partial charge in [-0.1, -0.05) is 15.9 Å². The summed E-state index contributed by atoms with van der Waals surface area (Å²) in [5, 5.41) is 9.33. The van der Waals surface area contributed by atoms with E-state index in [1.807, 2.05) is 0 Å². The standard InChI is InChI=1S/C19H14BrFN4O3/c1-11(26)22-15-7-2-12(20)10-17(15)23-19(28)16-8-9-18(27)25(24-16)14-5-3-13(21)4-6-14/h2-10H,1H3,(H,22,26)(H,23,28). The molecule has 0 fully saturated rings. The van der Waals surface area contributed by atoms with E-state index in [0.29, 0.717) is 21.5 Å². The first-order valence-electron chi connectivity index (χ1n) is 8.08. The minimum atomic E-state index is -0.583. The molecule has 0 unspecified atom stereocenters. The van der Waals surface area contributed by atoms with Crippen LogP contribution < -0.4 is 16.2 Å². The average Bonchev–Trinajstić information content (AvgIpc) is 2.65. The number of halogens is 2. The molecule has 0 radical (unpaired) electrons. The molecule has 2 amide bonds. The van der Waals surface area contributed by atoms with E-state index in [-0.39, 0.29) is 11.6 Å². The lowest BCUT2D eigenvalue weighted by Gasteiger charge is -2.12. The van der Waals surface area contributed by atoms with Gasteiger partial charge in [-0.05, 0) is 48.5 Å². The number of anilines is 2. The van der Waals surface area contributed by atoms with Crippen molar-refractivity contribution in [3.05, 3.63) is 80.9 Å². The molecule has 7 nitrogen and oxygen atoms in total. The summed E-state index contributed by atoms with van der Waals surface area (Å²) >= 11 is 3.31. The van der Waals surface area contributed by atoms with Crippen molar-refractivity contribution in [1.82, 2.24) is 9.78 Å². The van der Waals surface area contributed by atoms with E-state index in [2.05, 4.69) is 31.7 Å². The summed E-state index contributed by atoms with van der Waals surface area (Å²) < 4.78 is 14.8. The molecule has 0 saturated carbocycles. The number of carbonyl (C=O) groups excluding carboxylic acids is 2. The van der Waals surface area contributed by atoms with Crippen LogP contribution in [0.2, 0.25) is 0 Å². The molecular weight excluding hydrogens is 431 g/mol. The van der Waals surface area contributed by atoms with E-state index in [0.717, 1.165) is 4.68 Å². The lowest BCUT2D eigenvalue weighted by Crippen LogP contribution is -2.25. The SMILES string of the molecule is CC(=O)Nc1ccc(Br)cc1NC(=O)c1ccc(=O)n(-c2ccc(F)cc2)n1. The van der Waals surface area contributed by atoms with Crippen LogP contribution in [0.5, 0.6) is 0 Å². The largest absolute Gasteiger partial charge is 0.325 e. The zero-order chi connectivity index (χ0) is 20.3. The summed E-state index contributed by atoms with van der Waals surface area (Å²) in [5.74, 6) is -1.33. The fraction of sp³-hybridized carbons (Fsp3) is 0.0526. The molecule has 2 N–H and O–H groups in total. The van der Waals surface area contributed by atoms with Crippen molar-refractivity contribution in [3.8, 4) is 5.69 Å². The minimum absolute atomic E-state index is 0.0299. The zero-order valence-electron chi connectivity index (χ0n) is 14.6. The first kappa shape index (κ1) is 19.4. The molecule has 3 aromatic rings. The van der Waals surface area contributed by atoms with Gasteiger partial charge in [-0.2, -0.15) is 9.78 Å². The third kappa shape index (κ3) is 4.49. The second kappa shape index (κ2) is 8.13. The van der Waals surface area contributed by atoms with Gasteiger partial charge in [-0.3, -0.25) is 14.4 Å². The van der Waals surface area contributed by atoms with Crippen molar-refractivity contribution in [3.63, 3.8) is 0 Å². The molecule has 0 bridgehead atoms. The van der Waals surface area contributed by atoms with Gasteiger partial charge in [0.05, 0.1) is 17.1 Å². The van der Waals surface area contributed by atoms with Crippen LogP contribution in [0.25, 0.3) is 5.69 Å². The molecule has 0 atom stereocenters. The van der Waals surface area contributed by atoms with E-state index >= 15 is 0 Å². The maximum Gasteiger partial charge on any atom is 0.276 e. The Hall–Kier alpha value is -3.33. The Labute approximate surface area is 167 Å². The first-order chi connectivity index (χ1) is 13.3. The summed E-state index contributed by atoms with van der Waals surface area (Å²) in [6.45, 7) is 1.35. The van der Waals surface area contributed by atoms with E-state index in [1.54, 1.807) is 18.2 Å².